The summed E-state index contributed by atoms with van der Waals surface area (Å²) in [5, 5.41) is 0. The lowest BCUT2D eigenvalue weighted by molar-refractivity contribution is 0.669. The topological polar surface area (TPSA) is 0 Å². The van der Waals surface area contributed by atoms with Crippen molar-refractivity contribution in [1.82, 2.24) is 0 Å². The van der Waals surface area contributed by atoms with Gasteiger partial charge in [-0.1, -0.05) is 6.92 Å². The number of hydrogen-bond acceptors (Lipinski definition) is 1. The van der Waals surface area contributed by atoms with Gasteiger partial charge in [0, 0.05) is 0 Å². The summed E-state index contributed by atoms with van der Waals surface area (Å²) in [6.07, 6.45) is 1.45. The van der Waals surface area contributed by atoms with Crippen molar-refractivity contribution in [2.45, 2.75) is 13.3 Å². The molecule has 0 aromatic heterocycles. The zero-order valence-electron chi connectivity index (χ0n) is 4.11. The molecule has 0 N–H and O–H groups in total. The van der Waals surface area contributed by atoms with Gasteiger partial charge < -0.3 is 0 Å². The third kappa shape index (κ3) is 0.904. The predicted molar refractivity (Wildman–Crippen MR) is 31.1 cm³/mol. The molecule has 0 amide bonds. The highest BCUT2D eigenvalue weighted by Crippen LogP contribution is 2.21. The van der Waals surface area contributed by atoms with Crippen LogP contribution in [-0.4, -0.2) is 11.5 Å². The summed E-state index contributed by atoms with van der Waals surface area (Å²) in [4.78, 5) is 0. The van der Waals surface area contributed by atoms with Gasteiger partial charge in [0.15, 0.2) is 0 Å². The normalized spacial score (nSPS) is 34.5. The van der Waals surface area contributed by atoms with Crippen molar-refractivity contribution in [1.29, 1.82) is 0 Å². The zero-order chi connectivity index (χ0) is 4.41. The summed E-state index contributed by atoms with van der Waals surface area (Å²) in [6.45, 7) is 2.32. The predicted octanol–water partition coefficient (Wildman–Crippen LogP) is 1.76. The molecule has 0 saturated carbocycles. The highest BCUT2D eigenvalue weighted by Gasteiger charge is 2.07. The molecule has 0 aliphatic carbocycles. The Morgan fingerprint density at radius 3 is 2.67 bits per heavy atom. The molecule has 1 aliphatic heterocycles. The summed E-state index contributed by atoms with van der Waals surface area (Å²) < 4.78 is 0. The Kier molecular flexibility index (Phi) is 1.41. The van der Waals surface area contributed by atoms with Gasteiger partial charge in [0.05, 0.1) is 0 Å². The van der Waals surface area contributed by atoms with Gasteiger partial charge in [0.1, 0.15) is 0 Å². The molecule has 1 rings (SSSR count). The summed E-state index contributed by atoms with van der Waals surface area (Å²) >= 11 is 2.08. The Labute approximate surface area is 43.3 Å². The van der Waals surface area contributed by atoms with Crippen LogP contribution in [0.3, 0.4) is 0 Å². The maximum Gasteiger partial charge on any atom is -0.00415 e. The van der Waals surface area contributed by atoms with Crippen LogP contribution in [0.15, 0.2) is 0 Å². The third-order valence-electron chi connectivity index (χ3n) is 1.16. The standard InChI is InChI=1S/C5H10S/c1-5-2-3-6-4-5/h5H,2-4H2,1H3/t5-/m0/s1. The molecule has 36 valence electrons. The van der Waals surface area contributed by atoms with Crippen molar-refractivity contribution in [2.75, 3.05) is 11.5 Å². The molecule has 0 radical (unpaired) electrons. The third-order valence-corrected chi connectivity index (χ3v) is 2.49. The molecule has 6 heavy (non-hydrogen) atoms. The van der Waals surface area contributed by atoms with Crippen LogP contribution in [-0.2, 0) is 0 Å². The van der Waals surface area contributed by atoms with Crippen LogP contribution in [0.25, 0.3) is 0 Å². The minimum atomic E-state index is 1.01. The maximum atomic E-state index is 2.32. The minimum Gasteiger partial charge on any atom is -0.162 e. The molecule has 0 nitrogen and oxygen atoms in total. The van der Waals surface area contributed by atoms with Gasteiger partial charge in [0.2, 0.25) is 0 Å². The van der Waals surface area contributed by atoms with E-state index in [0.717, 1.165) is 5.92 Å². The molecule has 1 saturated heterocycles. The van der Waals surface area contributed by atoms with Crippen LogP contribution in [0.2, 0.25) is 0 Å². The van der Waals surface area contributed by atoms with E-state index in [2.05, 4.69) is 18.7 Å². The van der Waals surface area contributed by atoms with Gasteiger partial charge in [0.25, 0.3) is 0 Å². The molecule has 0 unspecified atom stereocenters. The Balaban J connectivity index is 2.18. The molecule has 1 heterocycles. The Morgan fingerprint density at radius 1 is 1.67 bits per heavy atom. The summed E-state index contributed by atoms with van der Waals surface area (Å²) in [5.41, 5.74) is 0. The SMILES string of the molecule is C[C@H]1CCSC1. The smallest absolute Gasteiger partial charge is 0.00415 e. The molecule has 0 aromatic rings. The molecule has 1 heteroatoms. The van der Waals surface area contributed by atoms with Crippen LogP contribution in [0.5, 0.6) is 0 Å². The molecule has 0 spiro atoms. The van der Waals surface area contributed by atoms with Gasteiger partial charge in [-0.15, -0.1) is 0 Å². The second-order valence-corrected chi connectivity index (χ2v) is 3.12. The monoisotopic (exact) mass is 102 g/mol. The Bertz CT molecular complexity index is 37.2. The largest absolute Gasteiger partial charge is 0.162 e. The first kappa shape index (κ1) is 4.51. The van der Waals surface area contributed by atoms with E-state index in [1.54, 1.807) is 0 Å². The van der Waals surface area contributed by atoms with Crippen molar-refractivity contribution in [3.63, 3.8) is 0 Å². The molecular weight excluding hydrogens is 92.1 g/mol. The summed E-state index contributed by atoms with van der Waals surface area (Å²) in [7, 11) is 0. The van der Waals surface area contributed by atoms with E-state index in [1.165, 1.54) is 17.9 Å². The van der Waals surface area contributed by atoms with Crippen LogP contribution in [0.1, 0.15) is 13.3 Å². The second kappa shape index (κ2) is 1.87. The van der Waals surface area contributed by atoms with Gasteiger partial charge in [-0.05, 0) is 23.8 Å². The van der Waals surface area contributed by atoms with E-state index >= 15 is 0 Å². The lowest BCUT2D eigenvalue weighted by Gasteiger charge is -1.90. The van der Waals surface area contributed by atoms with Crippen molar-refractivity contribution >= 4 is 11.8 Å². The van der Waals surface area contributed by atoms with Gasteiger partial charge in [-0.2, -0.15) is 11.8 Å². The van der Waals surface area contributed by atoms with Gasteiger partial charge >= 0.3 is 0 Å². The first-order chi connectivity index (χ1) is 2.89. The molecular formula is C5H10S. The molecule has 0 aromatic carbocycles. The van der Waals surface area contributed by atoms with Crippen LogP contribution in [0, 0.1) is 5.92 Å². The van der Waals surface area contributed by atoms with Crippen molar-refractivity contribution in [3.05, 3.63) is 0 Å². The van der Waals surface area contributed by atoms with Crippen LogP contribution < -0.4 is 0 Å². The average Bonchev–Trinajstić information content (AvgIpc) is 1.86. The highest BCUT2D eigenvalue weighted by atomic mass is 32.2. The van der Waals surface area contributed by atoms with E-state index in [4.69, 9.17) is 0 Å². The van der Waals surface area contributed by atoms with E-state index < -0.39 is 0 Å². The van der Waals surface area contributed by atoms with Crippen molar-refractivity contribution in [3.8, 4) is 0 Å². The Hall–Kier alpha value is 0.350. The quantitative estimate of drug-likeness (QED) is 0.449. The fourth-order valence-corrected chi connectivity index (χ4v) is 1.96. The lowest BCUT2D eigenvalue weighted by atomic mass is 10.2. The first-order valence-electron chi connectivity index (χ1n) is 2.47. The Morgan fingerprint density at radius 2 is 2.50 bits per heavy atom. The number of thioether (sulfide) groups is 1. The minimum absolute atomic E-state index is 1.01. The summed E-state index contributed by atoms with van der Waals surface area (Å²) in [6, 6.07) is 0. The average molecular weight is 102 g/mol. The van der Waals surface area contributed by atoms with E-state index in [9.17, 15) is 0 Å². The fourth-order valence-electron chi connectivity index (χ4n) is 0.652. The van der Waals surface area contributed by atoms with Crippen LogP contribution >= 0.6 is 11.8 Å². The van der Waals surface area contributed by atoms with E-state index in [0.29, 0.717) is 0 Å². The second-order valence-electron chi connectivity index (χ2n) is 1.97. The fraction of sp³-hybridized carbons (Fsp3) is 1.00. The molecule has 1 atom stereocenters. The lowest BCUT2D eigenvalue weighted by Crippen LogP contribution is -1.85. The molecule has 1 aliphatic rings. The number of rotatable bonds is 0. The highest BCUT2D eigenvalue weighted by molar-refractivity contribution is 7.99. The van der Waals surface area contributed by atoms with Crippen LogP contribution in [0.4, 0.5) is 0 Å². The van der Waals surface area contributed by atoms with E-state index in [-0.39, 0.29) is 0 Å². The number of hydrogen-bond donors (Lipinski definition) is 0. The van der Waals surface area contributed by atoms with Crippen molar-refractivity contribution in [2.24, 2.45) is 5.92 Å². The first-order valence-corrected chi connectivity index (χ1v) is 3.63. The molecule has 1 fully saturated rings. The van der Waals surface area contributed by atoms with Crippen molar-refractivity contribution < 1.29 is 0 Å². The van der Waals surface area contributed by atoms with Gasteiger partial charge in [-0.25, -0.2) is 0 Å². The van der Waals surface area contributed by atoms with Gasteiger partial charge in [-0.3, -0.25) is 0 Å². The summed E-state index contributed by atoms with van der Waals surface area (Å²) in [5.74, 6) is 3.82. The van der Waals surface area contributed by atoms with E-state index in [1.807, 2.05) is 0 Å². The zero-order valence-corrected chi connectivity index (χ0v) is 4.92. The maximum absolute atomic E-state index is 2.32. The molecule has 0 bridgehead atoms.